The third kappa shape index (κ3) is 7.99. The molecular weight excluding hydrogens is 729 g/mol. The first-order valence-electron chi connectivity index (χ1n) is 19.1. The van der Waals surface area contributed by atoms with Crippen molar-refractivity contribution in [3.63, 3.8) is 0 Å². The summed E-state index contributed by atoms with van der Waals surface area (Å²) in [5.41, 5.74) is 3.31. The Kier molecular flexibility index (Phi) is 12.7. The van der Waals surface area contributed by atoms with E-state index < -0.39 is 0 Å². The second-order valence-electron chi connectivity index (χ2n) is 14.0. The highest BCUT2D eigenvalue weighted by molar-refractivity contribution is 7.48. The Morgan fingerprint density at radius 3 is 1.37 bits per heavy atom. The highest BCUT2D eigenvalue weighted by atomic mass is 32.1. The zero-order valence-electron chi connectivity index (χ0n) is 29.9. The lowest BCUT2D eigenvalue weighted by atomic mass is 10.0. The minimum absolute atomic E-state index is 1.22. The summed E-state index contributed by atoms with van der Waals surface area (Å²) in [6.45, 7) is 9.23. The largest absolute Gasteiger partial charge is 0.140 e. The Morgan fingerprint density at radius 1 is 0.367 bits per heavy atom. The highest BCUT2D eigenvalue weighted by Gasteiger charge is 2.25. The third-order valence-electron chi connectivity index (χ3n) is 10.1. The van der Waals surface area contributed by atoms with Gasteiger partial charge in [-0.2, -0.15) is 0 Å². The molecule has 0 aliphatic carbocycles. The van der Waals surface area contributed by atoms with Gasteiger partial charge in [0, 0.05) is 29.3 Å². The Balaban J connectivity index is 1.15. The summed E-state index contributed by atoms with van der Waals surface area (Å²) in [6.07, 6.45) is 24.7. The van der Waals surface area contributed by atoms with Gasteiger partial charge in [0.25, 0.3) is 0 Å². The van der Waals surface area contributed by atoms with Gasteiger partial charge in [0.1, 0.15) is 0 Å². The molecule has 0 saturated carbocycles. The maximum Gasteiger partial charge on any atom is 0.0651 e. The van der Waals surface area contributed by atoms with E-state index in [0.717, 1.165) is 0 Å². The molecule has 0 aliphatic rings. The van der Waals surface area contributed by atoms with E-state index in [2.05, 4.69) is 109 Å². The van der Waals surface area contributed by atoms with Gasteiger partial charge in [-0.25, -0.2) is 0 Å². The molecule has 0 spiro atoms. The lowest BCUT2D eigenvalue weighted by molar-refractivity contribution is 0.576. The molecule has 262 valence electrons. The van der Waals surface area contributed by atoms with E-state index in [1.165, 1.54) is 135 Å². The normalized spacial score (nSPS) is 12.3. The summed E-state index contributed by atoms with van der Waals surface area (Å²) >= 11 is 14.5. The predicted molar refractivity (Wildman–Crippen MR) is 235 cm³/mol. The van der Waals surface area contributed by atoms with Gasteiger partial charge < -0.3 is 0 Å². The van der Waals surface area contributed by atoms with Crippen molar-refractivity contribution < 1.29 is 0 Å². The van der Waals surface area contributed by atoms with E-state index in [-0.39, 0.29) is 0 Å². The van der Waals surface area contributed by atoms with E-state index >= 15 is 0 Å². The summed E-state index contributed by atoms with van der Waals surface area (Å²) in [5, 5.41) is 0. The predicted octanol–water partition coefficient (Wildman–Crippen LogP) is 18.0. The fourth-order valence-electron chi connectivity index (χ4n) is 7.36. The van der Waals surface area contributed by atoms with Gasteiger partial charge in [-0.15, -0.1) is 79.4 Å². The number of unbranched alkanes of at least 4 members (excludes halogenated alkanes) is 14. The molecule has 7 rings (SSSR count). The third-order valence-corrected chi connectivity index (χ3v) is 19.7. The molecule has 49 heavy (non-hydrogen) atoms. The molecule has 0 atom stereocenters. The molecule has 7 heteroatoms. The molecule has 0 saturated heterocycles. The molecule has 0 radical (unpaired) electrons. The van der Waals surface area contributed by atoms with Crippen molar-refractivity contribution in [1.82, 2.24) is 0 Å². The maximum atomic E-state index is 2.41. The number of thiophene rings is 7. The van der Waals surface area contributed by atoms with Crippen molar-refractivity contribution in [1.29, 1.82) is 0 Å². The minimum Gasteiger partial charge on any atom is -0.140 e. The number of hydrogen-bond acceptors (Lipinski definition) is 7. The molecule has 0 aliphatic heterocycles. The smallest absolute Gasteiger partial charge is 0.0651 e. The SMILES string of the molecule is CCCCCCCCCCc1c(C)sc2c1sc1c2sc2c3sc(-c4ccc(-c5ccc(C)s5)s4)c(CCCCCCCCCC)c3sc21. The molecule has 0 amide bonds. The second kappa shape index (κ2) is 17.2. The van der Waals surface area contributed by atoms with Crippen molar-refractivity contribution in [3.05, 3.63) is 45.1 Å². The number of fused-ring (bicyclic) bond motifs is 7. The van der Waals surface area contributed by atoms with Crippen LogP contribution in [-0.4, -0.2) is 0 Å². The fourth-order valence-corrected chi connectivity index (χ4v) is 17.2. The van der Waals surface area contributed by atoms with Gasteiger partial charge in [-0.3, -0.25) is 0 Å². The van der Waals surface area contributed by atoms with Gasteiger partial charge >= 0.3 is 0 Å². The molecule has 0 fully saturated rings. The summed E-state index contributed by atoms with van der Waals surface area (Å²) < 4.78 is 12.7. The van der Waals surface area contributed by atoms with Crippen LogP contribution in [-0.2, 0) is 12.8 Å². The first-order chi connectivity index (χ1) is 24.1. The van der Waals surface area contributed by atoms with E-state index in [1.54, 1.807) is 58.5 Å². The summed E-state index contributed by atoms with van der Waals surface area (Å²) in [7, 11) is 0. The number of rotatable bonds is 20. The molecule has 0 aromatic carbocycles. The van der Waals surface area contributed by atoms with Crippen LogP contribution in [0.15, 0.2) is 24.3 Å². The van der Waals surface area contributed by atoms with Crippen LogP contribution in [0.1, 0.15) is 137 Å². The van der Waals surface area contributed by atoms with Crippen LogP contribution in [0, 0.1) is 13.8 Å². The fraction of sp³-hybridized carbons (Fsp3) is 0.524. The Hall–Kier alpha value is -1.06. The van der Waals surface area contributed by atoms with Crippen LogP contribution < -0.4 is 0 Å². The van der Waals surface area contributed by atoms with Gasteiger partial charge in [-0.05, 0) is 74.9 Å². The van der Waals surface area contributed by atoms with Crippen LogP contribution in [0.25, 0.3) is 57.1 Å². The van der Waals surface area contributed by atoms with E-state index in [9.17, 15) is 0 Å². The lowest BCUT2D eigenvalue weighted by Gasteiger charge is -2.04. The van der Waals surface area contributed by atoms with Crippen molar-refractivity contribution in [2.45, 2.75) is 143 Å². The van der Waals surface area contributed by atoms with Crippen molar-refractivity contribution in [2.24, 2.45) is 0 Å². The molecule has 0 bridgehead atoms. The maximum absolute atomic E-state index is 2.41. The zero-order chi connectivity index (χ0) is 33.7. The average Bonchev–Trinajstić information content (AvgIpc) is 3.94. The van der Waals surface area contributed by atoms with Crippen LogP contribution in [0.2, 0.25) is 0 Å². The quantitative estimate of drug-likeness (QED) is 0.0676. The van der Waals surface area contributed by atoms with Gasteiger partial charge in [0.05, 0.1) is 37.6 Å². The van der Waals surface area contributed by atoms with Crippen LogP contribution in [0.3, 0.4) is 0 Å². The van der Waals surface area contributed by atoms with Crippen LogP contribution >= 0.6 is 79.4 Å². The first-order valence-corrected chi connectivity index (χ1v) is 24.8. The molecule has 0 unspecified atom stereocenters. The molecule has 0 N–H and O–H groups in total. The molecular formula is C42H52S7. The summed E-state index contributed by atoms with van der Waals surface area (Å²) in [5.74, 6) is 0. The topological polar surface area (TPSA) is 0 Å². The van der Waals surface area contributed by atoms with Crippen molar-refractivity contribution in [3.8, 4) is 19.5 Å². The summed E-state index contributed by atoms with van der Waals surface area (Å²) in [4.78, 5) is 8.81. The highest BCUT2D eigenvalue weighted by Crippen LogP contribution is 2.57. The number of hydrogen-bond donors (Lipinski definition) is 0. The van der Waals surface area contributed by atoms with Gasteiger partial charge in [-0.1, -0.05) is 104 Å². The molecule has 7 aromatic heterocycles. The lowest BCUT2D eigenvalue weighted by Crippen LogP contribution is -1.87. The van der Waals surface area contributed by atoms with Gasteiger partial charge in [0.2, 0.25) is 0 Å². The first kappa shape index (κ1) is 36.3. The van der Waals surface area contributed by atoms with E-state index in [0.29, 0.717) is 0 Å². The van der Waals surface area contributed by atoms with Crippen LogP contribution in [0.4, 0.5) is 0 Å². The minimum atomic E-state index is 1.22. The monoisotopic (exact) mass is 780 g/mol. The van der Waals surface area contributed by atoms with Crippen molar-refractivity contribution >= 4 is 117 Å². The summed E-state index contributed by atoms with van der Waals surface area (Å²) in [6, 6.07) is 9.35. The van der Waals surface area contributed by atoms with Gasteiger partial charge in [0.15, 0.2) is 0 Å². The molecule has 0 nitrogen and oxygen atoms in total. The molecule has 7 heterocycles. The van der Waals surface area contributed by atoms with E-state index in [1.807, 2.05) is 22.7 Å². The second-order valence-corrected chi connectivity index (χ2v) is 21.7. The molecule has 7 aromatic rings. The Labute approximate surface area is 322 Å². The number of aryl methyl sites for hydroxylation is 4. The van der Waals surface area contributed by atoms with Crippen LogP contribution in [0.5, 0.6) is 0 Å². The van der Waals surface area contributed by atoms with Crippen molar-refractivity contribution in [2.75, 3.05) is 0 Å². The average molecular weight is 781 g/mol. The Bertz CT molecular complexity index is 2090. The Morgan fingerprint density at radius 2 is 0.796 bits per heavy atom. The zero-order valence-corrected chi connectivity index (χ0v) is 35.6. The standard InChI is InChI=1S/C42H52S7/c1-5-7-9-11-13-15-17-19-21-29-28(4)44-37-35(29)47-41-39(37)49-40-38-36(48-42(40)41)30(22-20-18-16-14-12-10-8-6-2)34(46-38)33-26-25-32(45-33)31-24-23-27(3)43-31/h23-26H,5-22H2,1-4H3. The van der Waals surface area contributed by atoms with E-state index in [4.69, 9.17) is 0 Å².